The number of H-pyrrole nitrogens is 1. The van der Waals surface area contributed by atoms with Crippen molar-refractivity contribution in [3.63, 3.8) is 0 Å². The largest absolute Gasteiger partial charge is 0.455 e. The first-order valence-electron chi connectivity index (χ1n) is 8.20. The average Bonchev–Trinajstić information content (AvgIpc) is 2.69. The summed E-state index contributed by atoms with van der Waals surface area (Å²) in [6.07, 6.45) is 1.38. The highest BCUT2D eigenvalue weighted by atomic mass is 35.5. The number of halogens is 2. The van der Waals surface area contributed by atoms with E-state index in [1.807, 2.05) is 0 Å². The van der Waals surface area contributed by atoms with Crippen molar-refractivity contribution >= 4 is 22.5 Å². The molecule has 4 rings (SSSR count). The molecule has 0 amide bonds. The zero-order chi connectivity index (χ0) is 19.7. The lowest BCUT2D eigenvalue weighted by Crippen LogP contribution is -2.06. The Morgan fingerprint density at radius 3 is 2.71 bits per heavy atom. The Kier molecular flexibility index (Phi) is 4.52. The summed E-state index contributed by atoms with van der Waals surface area (Å²) in [4.78, 5) is 19.7. The van der Waals surface area contributed by atoms with E-state index >= 15 is 0 Å². The van der Waals surface area contributed by atoms with E-state index < -0.39 is 5.82 Å². The minimum atomic E-state index is -0.578. The quantitative estimate of drug-likeness (QED) is 0.496. The van der Waals surface area contributed by atoms with E-state index in [0.717, 1.165) is 6.07 Å². The Morgan fingerprint density at radius 1 is 1.14 bits per heavy atom. The van der Waals surface area contributed by atoms with Gasteiger partial charge in [0.05, 0.1) is 34.4 Å². The van der Waals surface area contributed by atoms with Gasteiger partial charge >= 0.3 is 0 Å². The molecule has 0 unspecified atom stereocenters. The first-order chi connectivity index (χ1) is 13.5. The zero-order valence-corrected chi connectivity index (χ0v) is 15.0. The van der Waals surface area contributed by atoms with Gasteiger partial charge in [-0.05, 0) is 24.3 Å². The van der Waals surface area contributed by atoms with Crippen molar-refractivity contribution in [2.45, 2.75) is 0 Å². The number of aromatic nitrogens is 2. The molecule has 4 aromatic rings. The molecular weight excluding hydrogens is 381 g/mol. The number of fused-ring (bicyclic) bond motifs is 1. The molecule has 0 spiro atoms. The van der Waals surface area contributed by atoms with Gasteiger partial charge in [-0.1, -0.05) is 29.8 Å². The van der Waals surface area contributed by atoms with E-state index in [2.05, 4.69) is 16.0 Å². The zero-order valence-electron chi connectivity index (χ0n) is 14.2. The Labute approximate surface area is 163 Å². The highest BCUT2D eigenvalue weighted by Gasteiger charge is 2.14. The molecule has 0 saturated heterocycles. The number of rotatable bonds is 3. The number of pyridine rings is 2. The van der Waals surface area contributed by atoms with Crippen LogP contribution >= 0.6 is 11.6 Å². The van der Waals surface area contributed by atoms with Gasteiger partial charge in [-0.3, -0.25) is 4.79 Å². The van der Waals surface area contributed by atoms with Crippen molar-refractivity contribution in [1.82, 2.24) is 9.97 Å². The predicted molar refractivity (Wildman–Crippen MR) is 104 cm³/mol. The molecule has 2 heterocycles. The molecule has 2 aromatic carbocycles. The molecule has 136 valence electrons. The van der Waals surface area contributed by atoms with Crippen LogP contribution in [0.3, 0.4) is 0 Å². The average molecular weight is 392 g/mol. The number of nitrogens with one attached hydrogen (secondary N) is 1. The van der Waals surface area contributed by atoms with Gasteiger partial charge in [-0.25, -0.2) is 9.37 Å². The Morgan fingerprint density at radius 2 is 1.96 bits per heavy atom. The lowest BCUT2D eigenvalue weighted by atomic mass is 10.0. The normalized spacial score (nSPS) is 10.6. The number of hydrogen-bond donors (Lipinski definition) is 1. The molecule has 0 atom stereocenters. The first-order valence-corrected chi connectivity index (χ1v) is 8.58. The van der Waals surface area contributed by atoms with Gasteiger partial charge in [0.25, 0.3) is 0 Å². The summed E-state index contributed by atoms with van der Waals surface area (Å²) < 4.78 is 19.8. The van der Waals surface area contributed by atoms with Gasteiger partial charge in [0.15, 0.2) is 5.43 Å². The van der Waals surface area contributed by atoms with E-state index in [4.69, 9.17) is 16.3 Å². The molecule has 2 aromatic heterocycles. The second-order valence-electron chi connectivity index (χ2n) is 5.95. The van der Waals surface area contributed by atoms with Gasteiger partial charge in [-0.2, -0.15) is 5.26 Å². The fraction of sp³-hybridized carbons (Fsp3) is 0. The van der Waals surface area contributed by atoms with E-state index in [1.165, 1.54) is 24.4 Å². The van der Waals surface area contributed by atoms with Crippen molar-refractivity contribution < 1.29 is 9.13 Å². The van der Waals surface area contributed by atoms with Crippen LogP contribution in [0.5, 0.6) is 11.5 Å². The van der Waals surface area contributed by atoms with Gasteiger partial charge < -0.3 is 9.72 Å². The number of nitriles is 1. The summed E-state index contributed by atoms with van der Waals surface area (Å²) in [6.45, 7) is 0. The number of nitrogens with zero attached hydrogens (tertiary/aromatic N) is 2. The second kappa shape index (κ2) is 7.14. The highest BCUT2D eigenvalue weighted by molar-refractivity contribution is 6.29. The highest BCUT2D eigenvalue weighted by Crippen LogP contribution is 2.30. The Bertz CT molecular complexity index is 1290. The topological polar surface area (TPSA) is 78.8 Å². The number of aromatic amines is 1. The Hall–Kier alpha value is -3.69. The molecule has 28 heavy (non-hydrogen) atoms. The third-order valence-corrected chi connectivity index (χ3v) is 4.35. The third-order valence-electron chi connectivity index (χ3n) is 4.12. The minimum absolute atomic E-state index is 0.0560. The van der Waals surface area contributed by atoms with Gasteiger partial charge in [0, 0.05) is 17.7 Å². The Balaban J connectivity index is 1.89. The van der Waals surface area contributed by atoms with Crippen molar-refractivity contribution in [3.8, 4) is 28.8 Å². The van der Waals surface area contributed by atoms with Crippen molar-refractivity contribution in [2.24, 2.45) is 0 Å². The monoisotopic (exact) mass is 391 g/mol. The number of ether oxygens (including phenoxy) is 1. The van der Waals surface area contributed by atoms with E-state index in [-0.39, 0.29) is 27.2 Å². The fourth-order valence-corrected chi connectivity index (χ4v) is 3.02. The van der Waals surface area contributed by atoms with Crippen LogP contribution in [0.4, 0.5) is 4.39 Å². The minimum Gasteiger partial charge on any atom is -0.455 e. The summed E-state index contributed by atoms with van der Waals surface area (Å²) >= 11 is 5.76. The molecule has 1 N–H and O–H groups in total. The standard InChI is InChI=1S/C21H11ClFN3O2/c22-20-6-5-14(11-25-20)28-19-8-13(23)7-17-21(19)18(27)9-16(26-17)15-4-2-1-3-12(15)10-24/h1-9,11H,(H,26,27). The summed E-state index contributed by atoms with van der Waals surface area (Å²) in [5, 5.41) is 9.77. The molecule has 0 aliphatic rings. The summed E-state index contributed by atoms with van der Waals surface area (Å²) in [6, 6.07) is 15.7. The molecule has 0 bridgehead atoms. The molecule has 0 saturated carbocycles. The number of benzene rings is 2. The van der Waals surface area contributed by atoms with E-state index in [9.17, 15) is 14.4 Å². The van der Waals surface area contributed by atoms with Gasteiger partial charge in [0.2, 0.25) is 0 Å². The van der Waals surface area contributed by atoms with Crippen molar-refractivity contribution in [1.29, 1.82) is 5.26 Å². The molecule has 5 nitrogen and oxygen atoms in total. The first kappa shape index (κ1) is 17.7. The smallest absolute Gasteiger partial charge is 0.193 e. The summed E-state index contributed by atoms with van der Waals surface area (Å²) in [5.41, 5.74) is 1.26. The van der Waals surface area contributed by atoms with Crippen LogP contribution in [0, 0.1) is 17.1 Å². The molecule has 7 heteroatoms. The van der Waals surface area contributed by atoms with Crippen LogP contribution in [0.25, 0.3) is 22.2 Å². The van der Waals surface area contributed by atoms with Crippen LogP contribution in [0.15, 0.2) is 65.6 Å². The second-order valence-corrected chi connectivity index (χ2v) is 6.34. The maximum atomic E-state index is 14.2. The molecule has 0 aliphatic carbocycles. The molecule has 0 radical (unpaired) electrons. The van der Waals surface area contributed by atoms with E-state index in [0.29, 0.717) is 22.6 Å². The maximum absolute atomic E-state index is 14.2. The third kappa shape index (κ3) is 3.31. The summed E-state index contributed by atoms with van der Waals surface area (Å²) in [5.74, 6) is -0.208. The van der Waals surface area contributed by atoms with Crippen molar-refractivity contribution in [2.75, 3.05) is 0 Å². The van der Waals surface area contributed by atoms with Crippen LogP contribution in [0.1, 0.15) is 5.56 Å². The van der Waals surface area contributed by atoms with Gasteiger partial charge in [-0.15, -0.1) is 0 Å². The number of hydrogen-bond acceptors (Lipinski definition) is 4. The van der Waals surface area contributed by atoms with E-state index in [1.54, 1.807) is 30.3 Å². The SMILES string of the molecule is N#Cc1ccccc1-c1cc(=O)c2c(Oc3ccc(Cl)nc3)cc(F)cc2[nH]1. The lowest BCUT2D eigenvalue weighted by Gasteiger charge is -2.11. The molecule has 0 fully saturated rings. The lowest BCUT2D eigenvalue weighted by molar-refractivity contribution is 0.480. The van der Waals surface area contributed by atoms with Crippen LogP contribution in [-0.4, -0.2) is 9.97 Å². The van der Waals surface area contributed by atoms with Crippen LogP contribution < -0.4 is 10.2 Å². The molecule has 0 aliphatic heterocycles. The fourth-order valence-electron chi connectivity index (χ4n) is 2.91. The predicted octanol–water partition coefficient (Wildman–Crippen LogP) is 5.05. The van der Waals surface area contributed by atoms with Crippen molar-refractivity contribution in [3.05, 3.63) is 87.6 Å². The summed E-state index contributed by atoms with van der Waals surface area (Å²) in [7, 11) is 0. The van der Waals surface area contributed by atoms with Crippen LogP contribution in [-0.2, 0) is 0 Å². The maximum Gasteiger partial charge on any atom is 0.193 e. The molecular formula is C21H11ClFN3O2. The van der Waals surface area contributed by atoms with Crippen LogP contribution in [0.2, 0.25) is 5.15 Å². The van der Waals surface area contributed by atoms with Gasteiger partial charge in [0.1, 0.15) is 22.5 Å².